The summed E-state index contributed by atoms with van der Waals surface area (Å²) in [6.07, 6.45) is 3.62. The molecule has 0 unspecified atom stereocenters. The second kappa shape index (κ2) is 6.92. The third-order valence-electron chi connectivity index (χ3n) is 3.41. The maximum Gasteiger partial charge on any atom is 0.118 e. The maximum absolute atomic E-state index is 5.80. The minimum absolute atomic E-state index is 0.422. The van der Waals surface area contributed by atoms with Gasteiger partial charge in [0.25, 0.3) is 0 Å². The number of aryl methyl sites for hydroxylation is 1. The van der Waals surface area contributed by atoms with Crippen LogP contribution in [0.3, 0.4) is 0 Å². The Hall–Kier alpha value is -0.840. The van der Waals surface area contributed by atoms with Crippen molar-refractivity contribution in [3.05, 3.63) is 23.7 Å². The number of nitrogens with two attached hydrogens (primary N) is 1. The molecule has 1 fully saturated rings. The summed E-state index contributed by atoms with van der Waals surface area (Å²) in [7, 11) is 0. The van der Waals surface area contributed by atoms with Gasteiger partial charge in [-0.15, -0.1) is 0 Å². The molecular formula is C14H24N2O2. The quantitative estimate of drug-likeness (QED) is 0.786. The number of piperidine rings is 1. The van der Waals surface area contributed by atoms with E-state index in [1.54, 1.807) is 0 Å². The number of nitrogens with zero attached hydrogens (tertiary/aromatic N) is 1. The van der Waals surface area contributed by atoms with Crippen molar-refractivity contribution in [1.29, 1.82) is 0 Å². The van der Waals surface area contributed by atoms with Gasteiger partial charge in [-0.05, 0) is 44.9 Å². The normalized spacial score (nSPS) is 18.3. The molecule has 0 aliphatic carbocycles. The van der Waals surface area contributed by atoms with Gasteiger partial charge in [0.1, 0.15) is 11.5 Å². The molecule has 0 spiro atoms. The van der Waals surface area contributed by atoms with E-state index in [1.807, 2.05) is 13.0 Å². The molecule has 0 aromatic carbocycles. The number of rotatable bonds is 6. The highest BCUT2D eigenvalue weighted by Gasteiger charge is 2.20. The molecular weight excluding hydrogens is 228 g/mol. The lowest BCUT2D eigenvalue weighted by molar-refractivity contribution is 0.00441. The summed E-state index contributed by atoms with van der Waals surface area (Å²) in [6, 6.07) is 4.09. The van der Waals surface area contributed by atoms with Gasteiger partial charge >= 0.3 is 0 Å². The monoisotopic (exact) mass is 252 g/mol. The summed E-state index contributed by atoms with van der Waals surface area (Å²) in [5, 5.41) is 0. The van der Waals surface area contributed by atoms with E-state index in [9.17, 15) is 0 Å². The summed E-state index contributed by atoms with van der Waals surface area (Å²) < 4.78 is 11.4. The van der Waals surface area contributed by atoms with E-state index in [0.29, 0.717) is 6.10 Å². The van der Waals surface area contributed by atoms with E-state index in [4.69, 9.17) is 14.9 Å². The first kappa shape index (κ1) is 13.6. The Labute approximate surface area is 109 Å². The van der Waals surface area contributed by atoms with Crippen LogP contribution in [0.5, 0.6) is 0 Å². The van der Waals surface area contributed by atoms with Crippen molar-refractivity contribution in [3.63, 3.8) is 0 Å². The zero-order valence-corrected chi connectivity index (χ0v) is 11.2. The molecule has 1 saturated heterocycles. The predicted molar refractivity (Wildman–Crippen MR) is 71.4 cm³/mol. The van der Waals surface area contributed by atoms with Crippen molar-refractivity contribution in [2.45, 2.75) is 38.8 Å². The predicted octanol–water partition coefficient (Wildman–Crippen LogP) is 1.92. The highest BCUT2D eigenvalue weighted by atomic mass is 16.5. The summed E-state index contributed by atoms with van der Waals surface area (Å²) in [5.41, 5.74) is 5.46. The molecule has 18 heavy (non-hydrogen) atoms. The molecule has 1 aliphatic heterocycles. The number of ether oxygens (including phenoxy) is 1. The van der Waals surface area contributed by atoms with Gasteiger partial charge in [0, 0.05) is 19.7 Å². The Kier molecular flexibility index (Phi) is 5.23. The van der Waals surface area contributed by atoms with Crippen LogP contribution in [-0.4, -0.2) is 37.2 Å². The van der Waals surface area contributed by atoms with E-state index in [1.165, 1.54) is 0 Å². The Morgan fingerprint density at radius 3 is 2.78 bits per heavy atom. The lowest BCUT2D eigenvalue weighted by Crippen LogP contribution is -2.36. The maximum atomic E-state index is 5.80. The molecule has 4 nitrogen and oxygen atoms in total. The summed E-state index contributed by atoms with van der Waals surface area (Å²) in [6.45, 7) is 6.61. The highest BCUT2D eigenvalue weighted by molar-refractivity contribution is 5.05. The minimum Gasteiger partial charge on any atom is -0.465 e. The molecule has 2 heterocycles. The fourth-order valence-electron chi connectivity index (χ4n) is 2.36. The van der Waals surface area contributed by atoms with E-state index in [-0.39, 0.29) is 0 Å². The van der Waals surface area contributed by atoms with Crippen LogP contribution in [-0.2, 0) is 11.3 Å². The van der Waals surface area contributed by atoms with Gasteiger partial charge in [-0.3, -0.25) is 4.90 Å². The van der Waals surface area contributed by atoms with Crippen LogP contribution in [0.4, 0.5) is 0 Å². The first-order chi connectivity index (χ1) is 8.78. The van der Waals surface area contributed by atoms with Crippen molar-refractivity contribution in [1.82, 2.24) is 4.90 Å². The topological polar surface area (TPSA) is 51.6 Å². The van der Waals surface area contributed by atoms with Crippen molar-refractivity contribution >= 4 is 0 Å². The molecule has 0 bridgehead atoms. The summed E-state index contributed by atoms with van der Waals surface area (Å²) >= 11 is 0. The Bertz CT molecular complexity index is 343. The zero-order valence-electron chi connectivity index (χ0n) is 11.2. The fraction of sp³-hybridized carbons (Fsp3) is 0.714. The molecule has 0 amide bonds. The fourth-order valence-corrected chi connectivity index (χ4v) is 2.36. The van der Waals surface area contributed by atoms with Crippen LogP contribution in [0.2, 0.25) is 0 Å². The molecule has 1 aromatic rings. The van der Waals surface area contributed by atoms with Gasteiger partial charge in [-0.2, -0.15) is 0 Å². The molecule has 1 aromatic heterocycles. The smallest absolute Gasteiger partial charge is 0.118 e. The van der Waals surface area contributed by atoms with Crippen LogP contribution >= 0.6 is 0 Å². The van der Waals surface area contributed by atoms with Crippen LogP contribution in [0, 0.1) is 6.92 Å². The number of furan rings is 1. The van der Waals surface area contributed by atoms with Gasteiger partial charge in [0.05, 0.1) is 12.6 Å². The van der Waals surface area contributed by atoms with Crippen LogP contribution < -0.4 is 5.73 Å². The van der Waals surface area contributed by atoms with Crippen molar-refractivity contribution in [3.8, 4) is 0 Å². The van der Waals surface area contributed by atoms with E-state index in [2.05, 4.69) is 11.0 Å². The average molecular weight is 252 g/mol. The Morgan fingerprint density at radius 2 is 2.17 bits per heavy atom. The molecule has 102 valence electrons. The molecule has 2 N–H and O–H groups in total. The van der Waals surface area contributed by atoms with Gasteiger partial charge in [-0.1, -0.05) is 0 Å². The zero-order chi connectivity index (χ0) is 12.8. The van der Waals surface area contributed by atoms with Crippen molar-refractivity contribution in [2.24, 2.45) is 5.73 Å². The van der Waals surface area contributed by atoms with Gasteiger partial charge in [-0.25, -0.2) is 0 Å². The van der Waals surface area contributed by atoms with Gasteiger partial charge < -0.3 is 14.9 Å². The molecule has 0 radical (unpaired) electrons. The van der Waals surface area contributed by atoms with Crippen molar-refractivity contribution < 1.29 is 9.15 Å². The summed E-state index contributed by atoms with van der Waals surface area (Å²) in [4.78, 5) is 2.43. The van der Waals surface area contributed by atoms with Gasteiger partial charge in [0.15, 0.2) is 0 Å². The van der Waals surface area contributed by atoms with E-state index >= 15 is 0 Å². The highest BCUT2D eigenvalue weighted by Crippen LogP contribution is 2.17. The average Bonchev–Trinajstić information content (AvgIpc) is 2.77. The van der Waals surface area contributed by atoms with Crippen LogP contribution in [0.15, 0.2) is 16.5 Å². The molecule has 0 atom stereocenters. The lowest BCUT2D eigenvalue weighted by Gasteiger charge is -2.31. The Balaban J connectivity index is 1.67. The second-order valence-corrected chi connectivity index (χ2v) is 5.00. The third kappa shape index (κ3) is 4.12. The largest absolute Gasteiger partial charge is 0.465 e. The number of hydrogen-bond donors (Lipinski definition) is 1. The third-order valence-corrected chi connectivity index (χ3v) is 3.41. The Morgan fingerprint density at radius 1 is 1.39 bits per heavy atom. The van der Waals surface area contributed by atoms with Crippen LogP contribution in [0.25, 0.3) is 0 Å². The molecule has 0 saturated carbocycles. The molecule has 1 aliphatic rings. The molecule has 2 rings (SSSR count). The SMILES string of the molecule is Cc1ccc(CN2CCC(OCCCN)CC2)o1. The van der Waals surface area contributed by atoms with E-state index in [0.717, 1.165) is 63.6 Å². The number of likely N-dealkylation sites (tertiary alicyclic amines) is 1. The summed E-state index contributed by atoms with van der Waals surface area (Å²) in [5.74, 6) is 2.06. The lowest BCUT2D eigenvalue weighted by atomic mass is 10.1. The second-order valence-electron chi connectivity index (χ2n) is 5.00. The first-order valence-corrected chi connectivity index (χ1v) is 6.87. The standard InChI is InChI=1S/C14H24N2O2/c1-12-3-4-14(18-12)11-16-8-5-13(6-9-16)17-10-2-7-15/h3-4,13H,2,5-11,15H2,1H3. The van der Waals surface area contributed by atoms with Crippen LogP contribution in [0.1, 0.15) is 30.8 Å². The molecule has 4 heteroatoms. The van der Waals surface area contributed by atoms with Crippen molar-refractivity contribution in [2.75, 3.05) is 26.2 Å². The van der Waals surface area contributed by atoms with Gasteiger partial charge in [0.2, 0.25) is 0 Å². The van der Waals surface area contributed by atoms with E-state index < -0.39 is 0 Å². The minimum atomic E-state index is 0.422. The number of hydrogen-bond acceptors (Lipinski definition) is 4. The first-order valence-electron chi connectivity index (χ1n) is 6.87.